The molecule has 1 aliphatic carbocycles. The van der Waals surface area contributed by atoms with Crippen molar-refractivity contribution in [3.63, 3.8) is 0 Å². The number of thiophene rings is 1. The van der Waals surface area contributed by atoms with Crippen molar-refractivity contribution in [2.24, 2.45) is 0 Å². The Kier molecular flexibility index (Phi) is 5.49. The van der Waals surface area contributed by atoms with Crippen molar-refractivity contribution in [1.82, 2.24) is 0 Å². The minimum Gasteiger partial charge on any atom is -0.462 e. The molecule has 1 heterocycles. The maximum atomic E-state index is 13.1. The van der Waals surface area contributed by atoms with Crippen LogP contribution in [-0.2, 0) is 16.0 Å². The van der Waals surface area contributed by atoms with E-state index in [1.54, 1.807) is 6.92 Å². The van der Waals surface area contributed by atoms with E-state index < -0.39 is 0 Å². The van der Waals surface area contributed by atoms with E-state index in [4.69, 9.17) is 4.74 Å². The lowest BCUT2D eigenvalue weighted by Gasteiger charge is -2.15. The molecule has 1 amide bonds. The molecular formula is C24H23NO3S. The lowest BCUT2D eigenvalue weighted by molar-refractivity contribution is -0.117. The van der Waals surface area contributed by atoms with Crippen LogP contribution in [0.15, 0.2) is 54.6 Å². The third-order valence-electron chi connectivity index (χ3n) is 5.28. The lowest BCUT2D eigenvalue weighted by Crippen LogP contribution is -2.21. The molecule has 4 rings (SSSR count). The summed E-state index contributed by atoms with van der Waals surface area (Å²) in [6, 6.07) is 17.9. The fourth-order valence-electron chi connectivity index (χ4n) is 3.90. The van der Waals surface area contributed by atoms with Gasteiger partial charge in [0.15, 0.2) is 0 Å². The zero-order valence-electron chi connectivity index (χ0n) is 16.5. The van der Waals surface area contributed by atoms with E-state index in [2.05, 4.69) is 17.4 Å². The van der Waals surface area contributed by atoms with Crippen LogP contribution in [0.3, 0.4) is 0 Å². The summed E-state index contributed by atoms with van der Waals surface area (Å²) in [6.45, 7) is 4.08. The van der Waals surface area contributed by atoms with E-state index in [0.717, 1.165) is 21.6 Å². The third-order valence-corrected chi connectivity index (χ3v) is 6.46. The summed E-state index contributed by atoms with van der Waals surface area (Å²) < 4.78 is 5.32. The predicted octanol–water partition coefficient (Wildman–Crippen LogP) is 5.63. The summed E-state index contributed by atoms with van der Waals surface area (Å²) in [4.78, 5) is 26.9. The summed E-state index contributed by atoms with van der Waals surface area (Å²) >= 11 is 1.46. The minimum atomic E-state index is -0.374. The van der Waals surface area contributed by atoms with Crippen LogP contribution in [0.2, 0.25) is 0 Å². The van der Waals surface area contributed by atoms with Gasteiger partial charge in [0.1, 0.15) is 5.00 Å². The number of hydrogen-bond acceptors (Lipinski definition) is 4. The topological polar surface area (TPSA) is 55.4 Å². The molecule has 4 nitrogen and oxygen atoms in total. The Morgan fingerprint density at radius 1 is 1.07 bits per heavy atom. The molecule has 0 fully saturated rings. The molecule has 0 unspecified atom stereocenters. The van der Waals surface area contributed by atoms with Crippen molar-refractivity contribution < 1.29 is 14.3 Å². The monoisotopic (exact) mass is 405 g/mol. The number of fused-ring (bicyclic) bond motifs is 3. The van der Waals surface area contributed by atoms with Crippen LogP contribution < -0.4 is 5.32 Å². The molecular weight excluding hydrogens is 382 g/mol. The molecule has 0 spiro atoms. The Bertz CT molecular complexity index is 1060. The van der Waals surface area contributed by atoms with Crippen molar-refractivity contribution >= 4 is 28.2 Å². The van der Waals surface area contributed by atoms with Gasteiger partial charge in [-0.15, -0.1) is 11.3 Å². The van der Waals surface area contributed by atoms with E-state index in [1.165, 1.54) is 16.9 Å². The van der Waals surface area contributed by atoms with E-state index in [1.807, 2.05) is 49.4 Å². The second-order valence-electron chi connectivity index (χ2n) is 7.03. The molecule has 1 aromatic heterocycles. The third kappa shape index (κ3) is 3.58. The van der Waals surface area contributed by atoms with Crippen LogP contribution in [0.4, 0.5) is 5.00 Å². The zero-order valence-corrected chi connectivity index (χ0v) is 17.3. The summed E-state index contributed by atoms with van der Waals surface area (Å²) in [7, 11) is 0. The smallest absolute Gasteiger partial charge is 0.341 e. The van der Waals surface area contributed by atoms with E-state index in [9.17, 15) is 9.59 Å². The van der Waals surface area contributed by atoms with Gasteiger partial charge in [-0.05, 0) is 35.6 Å². The molecule has 0 saturated carbocycles. The fraction of sp³-hybridized carbons (Fsp3) is 0.250. The Morgan fingerprint density at radius 3 is 2.52 bits per heavy atom. The number of esters is 1. The number of nitrogens with one attached hydrogen (secondary N) is 1. The Morgan fingerprint density at radius 2 is 1.79 bits per heavy atom. The SMILES string of the molecule is CCOC(=O)c1c(NC(=O)[C@@H](CC)c2ccccc2)sc2c1Cc1ccccc1-2. The van der Waals surface area contributed by atoms with Crippen LogP contribution in [0.1, 0.15) is 53.2 Å². The minimum absolute atomic E-state index is 0.0996. The van der Waals surface area contributed by atoms with E-state index >= 15 is 0 Å². The van der Waals surface area contributed by atoms with Gasteiger partial charge in [-0.2, -0.15) is 0 Å². The zero-order chi connectivity index (χ0) is 20.4. The number of carbonyl (C=O) groups is 2. The average molecular weight is 406 g/mol. The molecule has 0 saturated heterocycles. The summed E-state index contributed by atoms with van der Waals surface area (Å²) in [5.41, 5.74) is 4.76. The number of anilines is 1. The highest BCUT2D eigenvalue weighted by Gasteiger charge is 2.32. The molecule has 1 N–H and O–H groups in total. The summed E-state index contributed by atoms with van der Waals surface area (Å²) in [6.07, 6.45) is 1.36. The van der Waals surface area contributed by atoms with Crippen LogP contribution in [0, 0.1) is 0 Å². The Labute approximate surface area is 174 Å². The van der Waals surface area contributed by atoms with Crippen LogP contribution in [0.25, 0.3) is 10.4 Å². The molecule has 0 bridgehead atoms. The van der Waals surface area contributed by atoms with Crippen LogP contribution in [0.5, 0.6) is 0 Å². The van der Waals surface area contributed by atoms with E-state index in [-0.39, 0.29) is 17.8 Å². The number of benzene rings is 2. The molecule has 148 valence electrons. The van der Waals surface area contributed by atoms with E-state index in [0.29, 0.717) is 30.0 Å². The molecule has 0 aliphatic heterocycles. The second-order valence-corrected chi connectivity index (χ2v) is 8.05. The average Bonchev–Trinajstić information content (AvgIpc) is 3.25. The predicted molar refractivity (Wildman–Crippen MR) is 117 cm³/mol. The molecule has 1 atom stereocenters. The highest BCUT2D eigenvalue weighted by molar-refractivity contribution is 7.20. The first-order valence-electron chi connectivity index (χ1n) is 9.90. The molecule has 0 radical (unpaired) electrons. The quantitative estimate of drug-likeness (QED) is 0.423. The number of hydrogen-bond donors (Lipinski definition) is 1. The van der Waals surface area contributed by atoms with Gasteiger partial charge in [-0.1, -0.05) is 61.5 Å². The van der Waals surface area contributed by atoms with Crippen molar-refractivity contribution in [3.05, 3.63) is 76.9 Å². The fourth-order valence-corrected chi connectivity index (χ4v) is 5.17. The molecule has 1 aliphatic rings. The Balaban J connectivity index is 1.71. The summed E-state index contributed by atoms with van der Waals surface area (Å²) in [5.74, 6) is -0.742. The maximum Gasteiger partial charge on any atom is 0.341 e. The van der Waals surface area contributed by atoms with Gasteiger partial charge in [0.2, 0.25) is 5.91 Å². The molecule has 29 heavy (non-hydrogen) atoms. The highest BCUT2D eigenvalue weighted by atomic mass is 32.1. The van der Waals surface area contributed by atoms with Crippen molar-refractivity contribution in [1.29, 1.82) is 0 Å². The van der Waals surface area contributed by atoms with Crippen LogP contribution >= 0.6 is 11.3 Å². The van der Waals surface area contributed by atoms with Gasteiger partial charge in [0, 0.05) is 11.3 Å². The highest BCUT2D eigenvalue weighted by Crippen LogP contribution is 2.48. The first-order valence-corrected chi connectivity index (χ1v) is 10.7. The second kappa shape index (κ2) is 8.21. The van der Waals surface area contributed by atoms with Gasteiger partial charge >= 0.3 is 5.97 Å². The lowest BCUT2D eigenvalue weighted by atomic mass is 9.95. The number of carbonyl (C=O) groups excluding carboxylic acids is 2. The first kappa shape index (κ1) is 19.4. The number of ether oxygens (including phenoxy) is 1. The Hall–Kier alpha value is -2.92. The van der Waals surface area contributed by atoms with Gasteiger partial charge in [0.05, 0.1) is 18.1 Å². The largest absolute Gasteiger partial charge is 0.462 e. The summed E-state index contributed by atoms with van der Waals surface area (Å²) in [5, 5.41) is 3.62. The maximum absolute atomic E-state index is 13.1. The van der Waals surface area contributed by atoms with Crippen molar-refractivity contribution in [3.8, 4) is 10.4 Å². The normalized spacial score (nSPS) is 12.8. The van der Waals surface area contributed by atoms with Crippen molar-refractivity contribution in [2.75, 3.05) is 11.9 Å². The molecule has 5 heteroatoms. The molecule has 3 aromatic rings. The van der Waals surface area contributed by atoms with Crippen LogP contribution in [-0.4, -0.2) is 18.5 Å². The number of rotatable bonds is 6. The van der Waals surface area contributed by atoms with Gasteiger partial charge in [-0.3, -0.25) is 4.79 Å². The first-order chi connectivity index (χ1) is 14.1. The number of amides is 1. The standard InChI is InChI=1S/C24H23NO3S/c1-3-17(15-10-6-5-7-11-15)22(26)25-23-20(24(27)28-4-2)19-14-16-12-8-9-13-18(16)21(19)29-23/h5-13,17H,3-4,14H2,1-2H3,(H,25,26)/t17-/m0/s1. The van der Waals surface area contributed by atoms with Gasteiger partial charge in [0.25, 0.3) is 0 Å². The van der Waals surface area contributed by atoms with Gasteiger partial charge in [-0.25, -0.2) is 4.79 Å². The van der Waals surface area contributed by atoms with Crippen molar-refractivity contribution in [2.45, 2.75) is 32.6 Å². The van der Waals surface area contributed by atoms with Gasteiger partial charge < -0.3 is 10.1 Å². The molecule has 2 aromatic carbocycles.